The van der Waals surface area contributed by atoms with Gasteiger partial charge >= 0.3 is 0 Å². The molecular formula is C12H16N2O. The van der Waals surface area contributed by atoms with E-state index in [1.165, 1.54) is 0 Å². The molecule has 1 aromatic rings. The molecule has 0 aromatic carbocycles. The minimum absolute atomic E-state index is 0.0221. The lowest BCUT2D eigenvalue weighted by Crippen LogP contribution is -2.29. The lowest BCUT2D eigenvalue weighted by atomic mass is 10.1. The van der Waals surface area contributed by atoms with Crippen LogP contribution in [0.25, 0.3) is 0 Å². The molecule has 1 rings (SSSR count). The molecule has 1 N–H and O–H groups in total. The highest BCUT2D eigenvalue weighted by atomic mass is 16.1. The fraction of sp³-hybridized carbons (Fsp3) is 0.333. The Morgan fingerprint density at radius 3 is 3.13 bits per heavy atom. The van der Waals surface area contributed by atoms with Crippen molar-refractivity contribution in [2.75, 3.05) is 6.54 Å². The van der Waals surface area contributed by atoms with Crippen molar-refractivity contribution >= 4 is 5.91 Å². The van der Waals surface area contributed by atoms with Gasteiger partial charge in [0, 0.05) is 18.9 Å². The Kier molecular flexibility index (Phi) is 4.54. The summed E-state index contributed by atoms with van der Waals surface area (Å²) in [5.74, 6) is -0.104. The molecule has 0 aliphatic rings. The summed E-state index contributed by atoms with van der Waals surface area (Å²) in [7, 11) is 0. The van der Waals surface area contributed by atoms with Crippen LogP contribution in [-0.2, 0) is 11.2 Å². The molecule has 15 heavy (non-hydrogen) atoms. The molecular weight excluding hydrogens is 188 g/mol. The standard InChI is InChI=1S/C12H16N2O/c1-3-10(2)12(15)14-8-6-11-5-4-7-13-9-11/h3-5,7,9-10H,1,6,8H2,2H3,(H,14,15). The minimum atomic E-state index is -0.126. The Balaban J connectivity index is 2.28. The van der Waals surface area contributed by atoms with E-state index in [1.54, 1.807) is 12.3 Å². The van der Waals surface area contributed by atoms with Crippen molar-refractivity contribution in [3.63, 3.8) is 0 Å². The third kappa shape index (κ3) is 3.94. The number of hydrogen-bond acceptors (Lipinski definition) is 2. The van der Waals surface area contributed by atoms with Gasteiger partial charge in [0.05, 0.1) is 5.92 Å². The van der Waals surface area contributed by atoms with Crippen LogP contribution in [0.3, 0.4) is 0 Å². The van der Waals surface area contributed by atoms with Gasteiger partial charge in [0.15, 0.2) is 0 Å². The van der Waals surface area contributed by atoms with Crippen LogP contribution in [0.5, 0.6) is 0 Å². The van der Waals surface area contributed by atoms with Gasteiger partial charge in [-0.1, -0.05) is 19.1 Å². The first kappa shape index (κ1) is 11.4. The Bertz CT molecular complexity index is 322. The summed E-state index contributed by atoms with van der Waals surface area (Å²) in [6.07, 6.45) is 5.99. The second-order valence-electron chi connectivity index (χ2n) is 3.43. The molecule has 0 radical (unpaired) electrons. The predicted octanol–water partition coefficient (Wildman–Crippen LogP) is 1.56. The second kappa shape index (κ2) is 5.96. The maximum absolute atomic E-state index is 11.4. The highest BCUT2D eigenvalue weighted by molar-refractivity contribution is 5.79. The molecule has 0 fully saturated rings. The van der Waals surface area contributed by atoms with Crippen molar-refractivity contribution in [3.8, 4) is 0 Å². The smallest absolute Gasteiger partial charge is 0.226 e. The average molecular weight is 204 g/mol. The summed E-state index contributed by atoms with van der Waals surface area (Å²) < 4.78 is 0. The zero-order valence-corrected chi connectivity index (χ0v) is 8.94. The number of hydrogen-bond donors (Lipinski definition) is 1. The third-order valence-electron chi connectivity index (χ3n) is 2.20. The largest absolute Gasteiger partial charge is 0.355 e. The average Bonchev–Trinajstić information content (AvgIpc) is 2.29. The number of carbonyl (C=O) groups is 1. The number of pyridine rings is 1. The first-order valence-corrected chi connectivity index (χ1v) is 5.03. The van der Waals surface area contributed by atoms with E-state index in [0.717, 1.165) is 12.0 Å². The van der Waals surface area contributed by atoms with Crippen LogP contribution in [0, 0.1) is 5.92 Å². The summed E-state index contributed by atoms with van der Waals surface area (Å²) in [6, 6.07) is 3.89. The van der Waals surface area contributed by atoms with Crippen molar-refractivity contribution in [2.45, 2.75) is 13.3 Å². The van der Waals surface area contributed by atoms with E-state index in [1.807, 2.05) is 25.3 Å². The van der Waals surface area contributed by atoms with E-state index in [9.17, 15) is 4.79 Å². The summed E-state index contributed by atoms with van der Waals surface area (Å²) in [4.78, 5) is 15.4. The van der Waals surface area contributed by atoms with E-state index < -0.39 is 0 Å². The van der Waals surface area contributed by atoms with Gasteiger partial charge in [-0.05, 0) is 18.1 Å². The molecule has 1 unspecified atom stereocenters. The Morgan fingerprint density at radius 1 is 1.73 bits per heavy atom. The zero-order valence-electron chi connectivity index (χ0n) is 8.94. The fourth-order valence-electron chi connectivity index (χ4n) is 1.14. The van der Waals surface area contributed by atoms with Gasteiger partial charge in [0.25, 0.3) is 0 Å². The van der Waals surface area contributed by atoms with Crippen molar-refractivity contribution in [2.24, 2.45) is 5.92 Å². The summed E-state index contributed by atoms with van der Waals surface area (Å²) in [5, 5.41) is 2.84. The van der Waals surface area contributed by atoms with Crippen LogP contribution >= 0.6 is 0 Å². The van der Waals surface area contributed by atoms with Crippen molar-refractivity contribution in [3.05, 3.63) is 42.7 Å². The molecule has 1 atom stereocenters. The maximum atomic E-state index is 11.4. The first-order chi connectivity index (χ1) is 7.24. The number of rotatable bonds is 5. The molecule has 1 heterocycles. The second-order valence-corrected chi connectivity index (χ2v) is 3.43. The minimum Gasteiger partial charge on any atom is -0.355 e. The normalized spacial score (nSPS) is 11.8. The lowest BCUT2D eigenvalue weighted by molar-refractivity contribution is -0.123. The Labute approximate surface area is 90.2 Å². The van der Waals surface area contributed by atoms with E-state index in [2.05, 4.69) is 16.9 Å². The zero-order chi connectivity index (χ0) is 11.1. The predicted molar refractivity (Wildman–Crippen MR) is 60.3 cm³/mol. The molecule has 0 saturated heterocycles. The molecule has 80 valence electrons. The van der Waals surface area contributed by atoms with Gasteiger partial charge in [-0.15, -0.1) is 6.58 Å². The van der Waals surface area contributed by atoms with Crippen LogP contribution in [0.2, 0.25) is 0 Å². The van der Waals surface area contributed by atoms with Gasteiger partial charge in [0.2, 0.25) is 5.91 Å². The van der Waals surface area contributed by atoms with Gasteiger partial charge < -0.3 is 5.32 Å². The quantitative estimate of drug-likeness (QED) is 0.740. The van der Waals surface area contributed by atoms with Crippen molar-refractivity contribution in [1.29, 1.82) is 0 Å². The van der Waals surface area contributed by atoms with Gasteiger partial charge in [-0.25, -0.2) is 0 Å². The summed E-state index contributed by atoms with van der Waals surface area (Å²) in [6.45, 7) is 6.04. The molecule has 3 nitrogen and oxygen atoms in total. The monoisotopic (exact) mass is 204 g/mol. The van der Waals surface area contributed by atoms with Crippen LogP contribution < -0.4 is 5.32 Å². The number of aromatic nitrogens is 1. The van der Waals surface area contributed by atoms with Gasteiger partial charge in [-0.2, -0.15) is 0 Å². The van der Waals surface area contributed by atoms with Crippen LogP contribution in [0.15, 0.2) is 37.2 Å². The van der Waals surface area contributed by atoms with Gasteiger partial charge in [0.1, 0.15) is 0 Å². The van der Waals surface area contributed by atoms with Crippen LogP contribution in [0.4, 0.5) is 0 Å². The number of nitrogens with zero attached hydrogens (tertiary/aromatic N) is 1. The van der Waals surface area contributed by atoms with E-state index >= 15 is 0 Å². The molecule has 0 aliphatic carbocycles. The van der Waals surface area contributed by atoms with Crippen LogP contribution in [0.1, 0.15) is 12.5 Å². The van der Waals surface area contributed by atoms with E-state index in [4.69, 9.17) is 0 Å². The van der Waals surface area contributed by atoms with E-state index in [-0.39, 0.29) is 11.8 Å². The van der Waals surface area contributed by atoms with Crippen LogP contribution in [-0.4, -0.2) is 17.4 Å². The number of nitrogens with one attached hydrogen (secondary N) is 1. The Hall–Kier alpha value is -1.64. The summed E-state index contributed by atoms with van der Waals surface area (Å²) >= 11 is 0. The Morgan fingerprint density at radius 2 is 2.53 bits per heavy atom. The molecule has 0 saturated carbocycles. The molecule has 1 amide bonds. The molecule has 1 aromatic heterocycles. The maximum Gasteiger partial charge on any atom is 0.226 e. The molecule has 3 heteroatoms. The highest BCUT2D eigenvalue weighted by Crippen LogP contribution is 1.97. The fourth-order valence-corrected chi connectivity index (χ4v) is 1.14. The SMILES string of the molecule is C=CC(C)C(=O)NCCc1cccnc1. The number of carbonyl (C=O) groups excluding carboxylic acids is 1. The summed E-state index contributed by atoms with van der Waals surface area (Å²) in [5.41, 5.74) is 1.13. The van der Waals surface area contributed by atoms with Crippen molar-refractivity contribution in [1.82, 2.24) is 10.3 Å². The molecule has 0 spiro atoms. The van der Waals surface area contributed by atoms with Gasteiger partial charge in [-0.3, -0.25) is 9.78 Å². The lowest BCUT2D eigenvalue weighted by Gasteiger charge is -2.07. The molecule has 0 aliphatic heterocycles. The first-order valence-electron chi connectivity index (χ1n) is 5.03. The molecule has 0 bridgehead atoms. The number of amides is 1. The highest BCUT2D eigenvalue weighted by Gasteiger charge is 2.06. The third-order valence-corrected chi connectivity index (χ3v) is 2.20. The van der Waals surface area contributed by atoms with Crippen molar-refractivity contribution < 1.29 is 4.79 Å². The topological polar surface area (TPSA) is 42.0 Å². The van der Waals surface area contributed by atoms with E-state index in [0.29, 0.717) is 6.54 Å².